The van der Waals surface area contributed by atoms with Crippen molar-refractivity contribution in [1.82, 2.24) is 14.9 Å². The van der Waals surface area contributed by atoms with Crippen LogP contribution < -0.4 is 5.32 Å². The van der Waals surface area contributed by atoms with Gasteiger partial charge in [0, 0.05) is 31.9 Å². The minimum atomic E-state index is -4.75. The van der Waals surface area contributed by atoms with Gasteiger partial charge in [-0.3, -0.25) is 0 Å². The first-order chi connectivity index (χ1) is 10.3. The fourth-order valence-corrected chi connectivity index (χ4v) is 4.08. The average Bonchev–Trinajstić information content (AvgIpc) is 3.13. The number of hydrogen-bond acceptors (Lipinski definition) is 3. The lowest BCUT2D eigenvalue weighted by Gasteiger charge is -2.31. The molecule has 3 rings (SSSR count). The number of imidazole rings is 1. The van der Waals surface area contributed by atoms with Crippen LogP contribution in [0.4, 0.5) is 13.2 Å². The third-order valence-corrected chi connectivity index (χ3v) is 5.29. The lowest BCUT2D eigenvalue weighted by atomic mass is 9.94. The second-order valence-corrected chi connectivity index (χ2v) is 6.71. The number of nitrogens with zero attached hydrogens (tertiary/aromatic N) is 2. The van der Waals surface area contributed by atoms with Crippen LogP contribution in [0.3, 0.4) is 0 Å². The van der Waals surface area contributed by atoms with Crippen LogP contribution in [0.5, 0.6) is 0 Å². The molecule has 7 heteroatoms. The maximum Gasteiger partial charge on any atom is 0.424 e. The summed E-state index contributed by atoms with van der Waals surface area (Å²) < 4.78 is 41.3. The number of hydrogen-bond donors (Lipinski definition) is 2. The van der Waals surface area contributed by atoms with Gasteiger partial charge in [0.1, 0.15) is 5.82 Å². The van der Waals surface area contributed by atoms with E-state index in [4.69, 9.17) is 0 Å². The Morgan fingerprint density at radius 1 is 1.36 bits per heavy atom. The highest BCUT2D eigenvalue weighted by Gasteiger charge is 2.57. The van der Waals surface area contributed by atoms with E-state index in [-0.39, 0.29) is 12.4 Å². The molecule has 0 aliphatic heterocycles. The van der Waals surface area contributed by atoms with Crippen molar-refractivity contribution >= 4 is 0 Å². The fraction of sp³-hybridized carbons (Fsp3) is 0.800. The number of nitrogens with one attached hydrogen (secondary N) is 1. The molecule has 2 bridgehead atoms. The van der Waals surface area contributed by atoms with Gasteiger partial charge in [-0.2, -0.15) is 13.2 Å². The van der Waals surface area contributed by atoms with Crippen molar-refractivity contribution in [2.24, 2.45) is 18.9 Å². The second-order valence-electron chi connectivity index (χ2n) is 6.71. The van der Waals surface area contributed by atoms with Crippen molar-refractivity contribution in [3.8, 4) is 0 Å². The van der Waals surface area contributed by atoms with Gasteiger partial charge in [0.05, 0.1) is 0 Å². The van der Waals surface area contributed by atoms with Gasteiger partial charge in [0.25, 0.3) is 0 Å². The Morgan fingerprint density at radius 3 is 2.64 bits per heavy atom. The first-order valence-corrected chi connectivity index (χ1v) is 7.81. The van der Waals surface area contributed by atoms with Crippen molar-refractivity contribution in [3.05, 3.63) is 18.2 Å². The highest BCUT2D eigenvalue weighted by molar-refractivity contribution is 5.08. The lowest BCUT2D eigenvalue weighted by molar-refractivity contribution is -0.272. The van der Waals surface area contributed by atoms with E-state index in [2.05, 4.69) is 10.3 Å². The highest BCUT2D eigenvalue weighted by Crippen LogP contribution is 2.45. The monoisotopic (exact) mass is 317 g/mol. The molecule has 0 aromatic carbocycles. The standard InChI is InChI=1S/C15H22F3N3O/c1-21-7-6-20-13(21)14(22,15(16,17)18)4-5-19-12-9-10-2-3-11(12)8-10/h6-7,10-12,19,22H,2-5,8-9H2,1H3/t10-,11-,12+,14-/m0/s1. The van der Waals surface area contributed by atoms with Crippen LogP contribution in [0.1, 0.15) is 37.9 Å². The molecule has 4 nitrogen and oxygen atoms in total. The molecule has 4 atom stereocenters. The minimum Gasteiger partial charge on any atom is -0.374 e. The Morgan fingerprint density at radius 2 is 2.14 bits per heavy atom. The smallest absolute Gasteiger partial charge is 0.374 e. The second kappa shape index (κ2) is 5.53. The van der Waals surface area contributed by atoms with Crippen LogP contribution in [-0.2, 0) is 12.6 Å². The van der Waals surface area contributed by atoms with E-state index < -0.39 is 18.2 Å². The van der Waals surface area contributed by atoms with E-state index in [9.17, 15) is 18.3 Å². The number of halogens is 3. The summed E-state index contributed by atoms with van der Waals surface area (Å²) in [5, 5.41) is 13.5. The van der Waals surface area contributed by atoms with E-state index in [1.54, 1.807) is 0 Å². The Hall–Kier alpha value is -1.08. The maximum atomic E-state index is 13.4. The number of fused-ring (bicyclic) bond motifs is 2. The first kappa shape index (κ1) is 15.8. The molecule has 0 radical (unpaired) electrons. The predicted molar refractivity (Wildman–Crippen MR) is 75.0 cm³/mol. The SMILES string of the molecule is Cn1ccnc1[C@@](O)(CCN[C@@H]1C[C@H]2CC[C@H]1C2)C(F)(F)F. The van der Waals surface area contributed by atoms with E-state index in [1.165, 1.54) is 43.3 Å². The van der Waals surface area contributed by atoms with Crippen LogP contribution in [0.2, 0.25) is 0 Å². The van der Waals surface area contributed by atoms with Gasteiger partial charge < -0.3 is 15.0 Å². The molecular formula is C15H22F3N3O. The molecule has 0 saturated heterocycles. The van der Waals surface area contributed by atoms with Crippen LogP contribution in [0.25, 0.3) is 0 Å². The quantitative estimate of drug-likeness (QED) is 0.876. The van der Waals surface area contributed by atoms with E-state index >= 15 is 0 Å². The normalized spacial score (nSPS) is 30.7. The molecule has 2 saturated carbocycles. The summed E-state index contributed by atoms with van der Waals surface area (Å²) in [5.74, 6) is 0.977. The van der Waals surface area contributed by atoms with Gasteiger partial charge in [-0.15, -0.1) is 0 Å². The summed E-state index contributed by atoms with van der Waals surface area (Å²) in [4.78, 5) is 3.71. The number of rotatable bonds is 5. The number of alkyl halides is 3. The van der Waals surface area contributed by atoms with Gasteiger partial charge in [0.2, 0.25) is 5.60 Å². The van der Waals surface area contributed by atoms with Gasteiger partial charge in [-0.05, 0) is 37.6 Å². The molecular weight excluding hydrogens is 295 g/mol. The van der Waals surface area contributed by atoms with Crippen LogP contribution in [-0.4, -0.2) is 33.4 Å². The Kier molecular flexibility index (Phi) is 3.97. The van der Waals surface area contributed by atoms with Crippen molar-refractivity contribution in [3.63, 3.8) is 0 Å². The molecule has 1 aromatic rings. The maximum absolute atomic E-state index is 13.4. The molecule has 2 fully saturated rings. The zero-order valence-corrected chi connectivity index (χ0v) is 12.6. The fourth-order valence-electron chi connectivity index (χ4n) is 4.08. The zero-order chi connectivity index (χ0) is 16.0. The summed E-state index contributed by atoms with van der Waals surface area (Å²) in [6.45, 7) is 0.136. The lowest BCUT2D eigenvalue weighted by Crippen LogP contribution is -2.47. The first-order valence-electron chi connectivity index (χ1n) is 7.81. The van der Waals surface area contributed by atoms with Crippen molar-refractivity contribution < 1.29 is 18.3 Å². The summed E-state index contributed by atoms with van der Waals surface area (Å²) in [7, 11) is 1.46. The summed E-state index contributed by atoms with van der Waals surface area (Å²) in [6, 6.07) is 0.303. The predicted octanol–water partition coefficient (Wildman–Crippen LogP) is 2.34. The van der Waals surface area contributed by atoms with Crippen LogP contribution in [0.15, 0.2) is 12.4 Å². The molecule has 1 heterocycles. The molecule has 2 aliphatic carbocycles. The van der Waals surface area contributed by atoms with Gasteiger partial charge in [0.15, 0.2) is 0 Å². The van der Waals surface area contributed by atoms with E-state index in [0.717, 1.165) is 12.3 Å². The van der Waals surface area contributed by atoms with Gasteiger partial charge in [-0.25, -0.2) is 4.98 Å². The molecule has 0 amide bonds. The molecule has 124 valence electrons. The third kappa shape index (κ3) is 2.65. The molecule has 2 N–H and O–H groups in total. The van der Waals surface area contributed by atoms with Gasteiger partial charge >= 0.3 is 6.18 Å². The van der Waals surface area contributed by atoms with Crippen LogP contribution >= 0.6 is 0 Å². The topological polar surface area (TPSA) is 50.1 Å². The number of aryl methyl sites for hydroxylation is 1. The van der Waals surface area contributed by atoms with Crippen LogP contribution in [0, 0.1) is 11.8 Å². The minimum absolute atomic E-state index is 0.136. The molecule has 1 aromatic heterocycles. The number of aliphatic hydroxyl groups is 1. The van der Waals surface area contributed by atoms with Crippen molar-refractivity contribution in [2.75, 3.05) is 6.54 Å². The summed E-state index contributed by atoms with van der Waals surface area (Å²) >= 11 is 0. The number of aromatic nitrogens is 2. The average molecular weight is 317 g/mol. The Labute approximate surface area is 127 Å². The molecule has 22 heavy (non-hydrogen) atoms. The molecule has 0 spiro atoms. The Bertz CT molecular complexity index is 530. The summed E-state index contributed by atoms with van der Waals surface area (Å²) in [5.41, 5.74) is -2.91. The van der Waals surface area contributed by atoms with E-state index in [1.807, 2.05) is 0 Å². The third-order valence-electron chi connectivity index (χ3n) is 5.29. The Balaban J connectivity index is 1.65. The van der Waals surface area contributed by atoms with Crippen molar-refractivity contribution in [1.29, 1.82) is 0 Å². The van der Waals surface area contributed by atoms with Crippen molar-refractivity contribution in [2.45, 2.75) is 49.9 Å². The van der Waals surface area contributed by atoms with Gasteiger partial charge in [-0.1, -0.05) is 6.42 Å². The highest BCUT2D eigenvalue weighted by atomic mass is 19.4. The van der Waals surface area contributed by atoms with E-state index in [0.29, 0.717) is 12.0 Å². The molecule has 0 unspecified atom stereocenters. The zero-order valence-electron chi connectivity index (χ0n) is 12.6. The summed E-state index contributed by atoms with van der Waals surface area (Å²) in [6.07, 6.45) is 2.19. The largest absolute Gasteiger partial charge is 0.424 e. The molecule has 2 aliphatic rings.